The van der Waals surface area contributed by atoms with E-state index in [2.05, 4.69) is 18.5 Å². The van der Waals surface area contributed by atoms with Crippen LogP contribution in [0.1, 0.15) is 39.0 Å². The average Bonchev–Trinajstić information content (AvgIpc) is 3.09. The van der Waals surface area contributed by atoms with Crippen LogP contribution in [-0.4, -0.2) is 36.7 Å². The fraction of sp³-hybridized carbons (Fsp3) is 0.917. The lowest BCUT2D eigenvalue weighted by Gasteiger charge is -2.19. The summed E-state index contributed by atoms with van der Waals surface area (Å²) in [4.78, 5) is 11.6. The molecule has 0 aliphatic heterocycles. The summed E-state index contributed by atoms with van der Waals surface area (Å²) < 4.78 is 5.22. The van der Waals surface area contributed by atoms with Crippen LogP contribution in [0.15, 0.2) is 0 Å². The van der Waals surface area contributed by atoms with Gasteiger partial charge < -0.3 is 10.1 Å². The first-order valence-corrected chi connectivity index (χ1v) is 7.26. The molecule has 0 amide bonds. The fourth-order valence-corrected chi connectivity index (χ4v) is 2.49. The maximum absolute atomic E-state index is 11.6. The normalized spacial score (nSPS) is 19.2. The lowest BCUT2D eigenvalue weighted by Crippen LogP contribution is -2.41. The van der Waals surface area contributed by atoms with E-state index >= 15 is 0 Å². The first kappa shape index (κ1) is 13.8. The molecule has 94 valence electrons. The van der Waals surface area contributed by atoms with Crippen LogP contribution < -0.4 is 5.32 Å². The highest BCUT2D eigenvalue weighted by molar-refractivity contribution is 8.00. The van der Waals surface area contributed by atoms with Gasteiger partial charge in [0.2, 0.25) is 0 Å². The van der Waals surface area contributed by atoms with Crippen LogP contribution in [0.25, 0.3) is 0 Å². The Morgan fingerprint density at radius 3 is 2.69 bits per heavy atom. The van der Waals surface area contributed by atoms with Gasteiger partial charge in [0.15, 0.2) is 0 Å². The van der Waals surface area contributed by atoms with Crippen molar-refractivity contribution in [3.05, 3.63) is 0 Å². The van der Waals surface area contributed by atoms with Crippen molar-refractivity contribution >= 4 is 17.7 Å². The first-order chi connectivity index (χ1) is 7.67. The number of nitrogens with one attached hydrogen (secondary N) is 1. The van der Waals surface area contributed by atoms with Crippen LogP contribution >= 0.6 is 11.8 Å². The summed E-state index contributed by atoms with van der Waals surface area (Å²) in [6.07, 6.45) is 7.75. The molecule has 0 aromatic rings. The molecule has 16 heavy (non-hydrogen) atoms. The Morgan fingerprint density at radius 2 is 2.25 bits per heavy atom. The number of methoxy groups -OCH3 is 1. The average molecular weight is 245 g/mol. The van der Waals surface area contributed by atoms with Crippen molar-refractivity contribution in [3.8, 4) is 0 Å². The van der Waals surface area contributed by atoms with Gasteiger partial charge in [-0.1, -0.05) is 19.8 Å². The number of ether oxygens (including phenoxy) is 1. The number of rotatable bonds is 8. The van der Waals surface area contributed by atoms with Crippen LogP contribution in [0.2, 0.25) is 0 Å². The molecule has 1 aliphatic carbocycles. The van der Waals surface area contributed by atoms with E-state index in [0.717, 1.165) is 25.8 Å². The highest BCUT2D eigenvalue weighted by atomic mass is 32.2. The summed E-state index contributed by atoms with van der Waals surface area (Å²) in [6.45, 7) is 3.07. The highest BCUT2D eigenvalue weighted by Crippen LogP contribution is 2.46. The van der Waals surface area contributed by atoms with Crippen molar-refractivity contribution in [2.75, 3.05) is 19.9 Å². The van der Waals surface area contributed by atoms with Gasteiger partial charge in [-0.25, -0.2) is 0 Å². The second kappa shape index (κ2) is 6.50. The van der Waals surface area contributed by atoms with Crippen LogP contribution in [0.5, 0.6) is 0 Å². The molecule has 3 nitrogen and oxygen atoms in total. The van der Waals surface area contributed by atoms with E-state index in [4.69, 9.17) is 4.74 Å². The molecule has 0 radical (unpaired) electrons. The van der Waals surface area contributed by atoms with Crippen molar-refractivity contribution in [2.24, 2.45) is 0 Å². The van der Waals surface area contributed by atoms with Crippen LogP contribution in [0, 0.1) is 0 Å². The molecule has 1 unspecified atom stereocenters. The second-order valence-corrected chi connectivity index (χ2v) is 5.76. The fourth-order valence-electron chi connectivity index (χ4n) is 1.76. The predicted molar refractivity (Wildman–Crippen MR) is 68.8 cm³/mol. The van der Waals surface area contributed by atoms with E-state index in [0.29, 0.717) is 4.75 Å². The number of esters is 1. The smallest absolute Gasteiger partial charge is 0.322 e. The molecule has 0 saturated heterocycles. The maximum Gasteiger partial charge on any atom is 0.322 e. The quantitative estimate of drug-likeness (QED) is 0.665. The Labute approximate surface area is 103 Å². The second-order valence-electron chi connectivity index (χ2n) is 4.49. The molecular weight excluding hydrogens is 222 g/mol. The SMILES string of the molecule is CCCCC(NCC1(SC)CC1)C(=O)OC. The molecule has 0 aromatic heterocycles. The minimum Gasteiger partial charge on any atom is -0.468 e. The molecule has 4 heteroatoms. The predicted octanol–water partition coefficient (Wildman–Crippen LogP) is 2.20. The van der Waals surface area contributed by atoms with Gasteiger partial charge in [0, 0.05) is 11.3 Å². The number of hydrogen-bond donors (Lipinski definition) is 1. The number of carbonyl (C=O) groups excluding carboxylic acids is 1. The largest absolute Gasteiger partial charge is 0.468 e. The Morgan fingerprint density at radius 1 is 1.56 bits per heavy atom. The summed E-state index contributed by atoms with van der Waals surface area (Å²) in [5.74, 6) is -0.120. The molecule has 1 rings (SSSR count). The number of hydrogen-bond acceptors (Lipinski definition) is 4. The third-order valence-corrected chi connectivity index (χ3v) is 4.66. The van der Waals surface area contributed by atoms with E-state index in [9.17, 15) is 4.79 Å². The third-order valence-electron chi connectivity index (χ3n) is 3.24. The standard InChI is InChI=1S/C12H23NO2S/c1-4-5-6-10(11(14)15-2)13-9-12(16-3)7-8-12/h10,13H,4-9H2,1-3H3. The zero-order valence-electron chi connectivity index (χ0n) is 10.5. The summed E-state index contributed by atoms with van der Waals surface area (Å²) in [5, 5.41) is 3.36. The van der Waals surface area contributed by atoms with Gasteiger partial charge in [-0.2, -0.15) is 11.8 Å². The minimum atomic E-state index is -0.120. The summed E-state index contributed by atoms with van der Waals surface area (Å²) in [5.41, 5.74) is 0. The Kier molecular flexibility index (Phi) is 5.62. The van der Waals surface area contributed by atoms with Crippen LogP contribution in [0.3, 0.4) is 0 Å². The van der Waals surface area contributed by atoms with E-state index in [1.54, 1.807) is 0 Å². The molecule has 0 spiro atoms. The van der Waals surface area contributed by atoms with Gasteiger partial charge in [-0.05, 0) is 25.5 Å². The number of thioether (sulfide) groups is 1. The zero-order valence-corrected chi connectivity index (χ0v) is 11.4. The topological polar surface area (TPSA) is 38.3 Å². The van der Waals surface area contributed by atoms with Crippen LogP contribution in [-0.2, 0) is 9.53 Å². The van der Waals surface area contributed by atoms with Gasteiger partial charge in [-0.15, -0.1) is 0 Å². The Hall–Kier alpha value is -0.220. The molecule has 1 atom stereocenters. The summed E-state index contributed by atoms with van der Waals surface area (Å²) >= 11 is 1.91. The third kappa shape index (κ3) is 3.98. The van der Waals surface area contributed by atoms with Crippen molar-refractivity contribution in [3.63, 3.8) is 0 Å². The summed E-state index contributed by atoms with van der Waals surface area (Å²) in [6, 6.07) is -0.116. The molecule has 0 heterocycles. The van der Waals surface area contributed by atoms with Gasteiger partial charge in [-0.3, -0.25) is 4.79 Å². The lowest BCUT2D eigenvalue weighted by molar-refractivity contribution is -0.143. The van der Waals surface area contributed by atoms with Crippen molar-refractivity contribution in [1.82, 2.24) is 5.32 Å². The molecule has 0 aromatic carbocycles. The van der Waals surface area contributed by atoms with E-state index in [1.807, 2.05) is 11.8 Å². The summed E-state index contributed by atoms with van der Waals surface area (Å²) in [7, 11) is 1.46. The van der Waals surface area contributed by atoms with Gasteiger partial charge in [0.1, 0.15) is 6.04 Å². The van der Waals surface area contributed by atoms with E-state index in [1.165, 1.54) is 20.0 Å². The Balaban J connectivity index is 2.34. The number of carbonyl (C=O) groups is 1. The zero-order chi connectivity index (χ0) is 12.0. The highest BCUT2D eigenvalue weighted by Gasteiger charge is 2.42. The lowest BCUT2D eigenvalue weighted by atomic mass is 10.1. The monoisotopic (exact) mass is 245 g/mol. The Bertz CT molecular complexity index is 229. The molecular formula is C12H23NO2S. The van der Waals surface area contributed by atoms with Crippen molar-refractivity contribution < 1.29 is 9.53 Å². The van der Waals surface area contributed by atoms with E-state index < -0.39 is 0 Å². The van der Waals surface area contributed by atoms with Crippen molar-refractivity contribution in [1.29, 1.82) is 0 Å². The maximum atomic E-state index is 11.6. The molecule has 1 N–H and O–H groups in total. The minimum absolute atomic E-state index is 0.116. The van der Waals surface area contributed by atoms with E-state index in [-0.39, 0.29) is 12.0 Å². The first-order valence-electron chi connectivity index (χ1n) is 6.04. The van der Waals surface area contributed by atoms with Crippen molar-refractivity contribution in [2.45, 2.75) is 49.8 Å². The molecule has 0 bridgehead atoms. The molecule has 1 aliphatic rings. The number of unbranched alkanes of at least 4 members (excludes halogenated alkanes) is 1. The van der Waals surface area contributed by atoms with Crippen LogP contribution in [0.4, 0.5) is 0 Å². The van der Waals surface area contributed by atoms with Gasteiger partial charge >= 0.3 is 5.97 Å². The van der Waals surface area contributed by atoms with Gasteiger partial charge in [0.25, 0.3) is 0 Å². The molecule has 1 saturated carbocycles. The van der Waals surface area contributed by atoms with Gasteiger partial charge in [0.05, 0.1) is 7.11 Å². The molecule has 1 fully saturated rings.